The normalized spacial score (nSPS) is 12.7. The van der Waals surface area contributed by atoms with E-state index in [2.05, 4.69) is 15.0 Å². The van der Waals surface area contributed by atoms with Crippen molar-refractivity contribution in [2.45, 2.75) is 6.10 Å². The van der Waals surface area contributed by atoms with Gasteiger partial charge in [-0.1, -0.05) is 23.2 Å². The van der Waals surface area contributed by atoms with Gasteiger partial charge in [0.15, 0.2) is 0 Å². The third-order valence-corrected chi connectivity index (χ3v) is 2.27. The van der Waals surface area contributed by atoms with E-state index in [1.807, 2.05) is 0 Å². The molecule has 0 radical (unpaired) electrons. The average molecular weight is 244 g/mol. The number of H-pyrrole nitrogens is 1. The zero-order chi connectivity index (χ0) is 10.8. The van der Waals surface area contributed by atoms with Crippen LogP contribution in [0.25, 0.3) is 0 Å². The molecule has 0 aliphatic carbocycles. The van der Waals surface area contributed by atoms with Gasteiger partial charge >= 0.3 is 0 Å². The van der Waals surface area contributed by atoms with E-state index >= 15 is 0 Å². The molecule has 0 saturated heterocycles. The molecular formula is C9H7Cl2N3O. The molecule has 0 aliphatic heterocycles. The molecule has 0 fully saturated rings. The first kappa shape index (κ1) is 10.4. The molecule has 2 aromatic rings. The molecule has 2 rings (SSSR count). The van der Waals surface area contributed by atoms with Crippen molar-refractivity contribution in [2.75, 3.05) is 0 Å². The van der Waals surface area contributed by atoms with Crippen LogP contribution in [0.15, 0.2) is 24.5 Å². The zero-order valence-electron chi connectivity index (χ0n) is 7.48. The third kappa shape index (κ3) is 2.28. The van der Waals surface area contributed by atoms with Crippen LogP contribution in [0.5, 0.6) is 0 Å². The van der Waals surface area contributed by atoms with Crippen LogP contribution in [-0.4, -0.2) is 20.1 Å². The summed E-state index contributed by atoms with van der Waals surface area (Å²) in [5.41, 5.74) is 0.551. The highest BCUT2D eigenvalue weighted by Crippen LogP contribution is 2.23. The monoisotopic (exact) mass is 243 g/mol. The lowest BCUT2D eigenvalue weighted by Gasteiger charge is -2.08. The van der Waals surface area contributed by atoms with E-state index < -0.39 is 6.10 Å². The number of aliphatic hydroxyl groups is 1. The lowest BCUT2D eigenvalue weighted by molar-refractivity contribution is 0.211. The van der Waals surface area contributed by atoms with Gasteiger partial charge in [0.2, 0.25) is 0 Å². The molecule has 2 N–H and O–H groups in total. The third-order valence-electron chi connectivity index (χ3n) is 1.88. The maximum Gasteiger partial charge on any atom is 0.139 e. The van der Waals surface area contributed by atoms with E-state index in [0.29, 0.717) is 11.4 Å². The minimum atomic E-state index is -0.877. The van der Waals surface area contributed by atoms with Crippen molar-refractivity contribution < 1.29 is 5.11 Å². The molecule has 78 valence electrons. The number of rotatable bonds is 2. The number of hydrogen-bond donors (Lipinski definition) is 2. The van der Waals surface area contributed by atoms with Gasteiger partial charge in [-0.25, -0.2) is 9.97 Å². The number of nitrogens with one attached hydrogen (secondary N) is 1. The van der Waals surface area contributed by atoms with Crippen LogP contribution in [0, 0.1) is 0 Å². The Morgan fingerprint density at radius 1 is 1.27 bits per heavy atom. The number of aromatic nitrogens is 3. The van der Waals surface area contributed by atoms with Crippen LogP contribution in [0.2, 0.25) is 10.3 Å². The van der Waals surface area contributed by atoms with E-state index in [0.717, 1.165) is 0 Å². The summed E-state index contributed by atoms with van der Waals surface area (Å²) in [6.07, 6.45) is 2.31. The van der Waals surface area contributed by atoms with Gasteiger partial charge in [-0.05, 0) is 17.7 Å². The summed E-state index contributed by atoms with van der Waals surface area (Å²) >= 11 is 11.4. The summed E-state index contributed by atoms with van der Waals surface area (Å²) in [6, 6.07) is 3.08. The summed E-state index contributed by atoms with van der Waals surface area (Å²) in [6.45, 7) is 0. The predicted molar refractivity (Wildman–Crippen MR) is 56.9 cm³/mol. The highest BCUT2D eigenvalue weighted by Gasteiger charge is 2.14. The lowest BCUT2D eigenvalue weighted by Crippen LogP contribution is -2.02. The number of pyridine rings is 1. The SMILES string of the molecule is OC(c1cc(Cl)nc(Cl)c1)c1ncc[nH]1. The van der Waals surface area contributed by atoms with E-state index in [1.165, 1.54) is 0 Å². The molecule has 4 nitrogen and oxygen atoms in total. The standard InChI is InChI=1S/C9H7Cl2N3O/c10-6-3-5(4-7(11)14-6)8(15)9-12-1-2-13-9/h1-4,8,15H,(H,12,13). The lowest BCUT2D eigenvalue weighted by atomic mass is 10.1. The minimum absolute atomic E-state index is 0.239. The number of hydrogen-bond acceptors (Lipinski definition) is 3. The summed E-state index contributed by atoms with van der Waals surface area (Å²) in [5, 5.41) is 10.4. The van der Waals surface area contributed by atoms with Gasteiger partial charge in [0, 0.05) is 12.4 Å². The van der Waals surface area contributed by atoms with Crippen LogP contribution in [0.4, 0.5) is 0 Å². The topological polar surface area (TPSA) is 61.8 Å². The smallest absolute Gasteiger partial charge is 0.139 e. The van der Waals surface area contributed by atoms with Crippen molar-refractivity contribution in [3.05, 3.63) is 46.2 Å². The first-order valence-corrected chi connectivity index (χ1v) is 4.93. The summed E-state index contributed by atoms with van der Waals surface area (Å²) < 4.78 is 0. The maximum atomic E-state index is 9.89. The van der Waals surface area contributed by atoms with Gasteiger partial charge in [-0.3, -0.25) is 0 Å². The molecule has 0 saturated carbocycles. The zero-order valence-corrected chi connectivity index (χ0v) is 9.00. The summed E-state index contributed by atoms with van der Waals surface area (Å²) in [7, 11) is 0. The highest BCUT2D eigenvalue weighted by molar-refractivity contribution is 6.32. The molecule has 2 aromatic heterocycles. The Kier molecular flexibility index (Phi) is 2.90. The second kappa shape index (κ2) is 4.18. The molecule has 0 spiro atoms. The second-order valence-corrected chi connectivity index (χ2v) is 3.70. The van der Waals surface area contributed by atoms with Gasteiger partial charge in [0.1, 0.15) is 22.2 Å². The molecule has 6 heteroatoms. The Morgan fingerprint density at radius 3 is 2.47 bits per heavy atom. The van der Waals surface area contributed by atoms with E-state index in [-0.39, 0.29) is 10.3 Å². The van der Waals surface area contributed by atoms with Gasteiger partial charge in [-0.15, -0.1) is 0 Å². The molecule has 1 unspecified atom stereocenters. The Morgan fingerprint density at radius 2 is 1.93 bits per heavy atom. The molecule has 1 atom stereocenters. The molecule has 0 aliphatic rings. The number of aromatic amines is 1. The van der Waals surface area contributed by atoms with Crippen LogP contribution in [0.3, 0.4) is 0 Å². The predicted octanol–water partition coefficient (Wildman–Crippen LogP) is 2.19. The maximum absolute atomic E-state index is 9.89. The van der Waals surface area contributed by atoms with Gasteiger partial charge in [0.05, 0.1) is 0 Å². The molecule has 15 heavy (non-hydrogen) atoms. The van der Waals surface area contributed by atoms with Crippen LogP contribution in [-0.2, 0) is 0 Å². The number of imidazole rings is 1. The van der Waals surface area contributed by atoms with Crippen molar-refractivity contribution >= 4 is 23.2 Å². The molecule has 2 heterocycles. The van der Waals surface area contributed by atoms with Crippen molar-refractivity contribution in [1.82, 2.24) is 15.0 Å². The fraction of sp³-hybridized carbons (Fsp3) is 0.111. The molecule has 0 amide bonds. The number of halogens is 2. The minimum Gasteiger partial charge on any atom is -0.380 e. The summed E-state index contributed by atoms with van der Waals surface area (Å²) in [4.78, 5) is 10.5. The van der Waals surface area contributed by atoms with Crippen LogP contribution < -0.4 is 0 Å². The first-order chi connectivity index (χ1) is 7.16. The second-order valence-electron chi connectivity index (χ2n) is 2.92. The largest absolute Gasteiger partial charge is 0.380 e. The first-order valence-electron chi connectivity index (χ1n) is 4.17. The van der Waals surface area contributed by atoms with Crippen molar-refractivity contribution in [3.8, 4) is 0 Å². The van der Waals surface area contributed by atoms with E-state index in [1.54, 1.807) is 24.5 Å². The van der Waals surface area contributed by atoms with Crippen LogP contribution >= 0.6 is 23.2 Å². The molecule has 0 bridgehead atoms. The fourth-order valence-corrected chi connectivity index (χ4v) is 1.70. The van der Waals surface area contributed by atoms with E-state index in [9.17, 15) is 5.11 Å². The Labute approximate surface area is 95.9 Å². The Bertz CT molecular complexity index is 438. The molecule has 0 aromatic carbocycles. The van der Waals surface area contributed by atoms with Gasteiger partial charge in [0.25, 0.3) is 0 Å². The number of nitrogens with zero attached hydrogens (tertiary/aromatic N) is 2. The average Bonchev–Trinajstić information content (AvgIpc) is 2.67. The van der Waals surface area contributed by atoms with Gasteiger partial charge < -0.3 is 10.1 Å². The van der Waals surface area contributed by atoms with Crippen molar-refractivity contribution in [3.63, 3.8) is 0 Å². The van der Waals surface area contributed by atoms with Crippen LogP contribution in [0.1, 0.15) is 17.5 Å². The van der Waals surface area contributed by atoms with Crippen molar-refractivity contribution in [2.24, 2.45) is 0 Å². The molecular weight excluding hydrogens is 237 g/mol. The summed E-state index contributed by atoms with van der Waals surface area (Å²) in [5.74, 6) is 0.438. The Hall–Kier alpha value is -1.10. The van der Waals surface area contributed by atoms with E-state index in [4.69, 9.17) is 23.2 Å². The fourth-order valence-electron chi connectivity index (χ4n) is 1.23. The van der Waals surface area contributed by atoms with Crippen molar-refractivity contribution in [1.29, 1.82) is 0 Å². The number of aliphatic hydroxyl groups excluding tert-OH is 1. The highest BCUT2D eigenvalue weighted by atomic mass is 35.5. The Balaban J connectivity index is 2.37. The quantitative estimate of drug-likeness (QED) is 0.796. The van der Waals surface area contributed by atoms with Gasteiger partial charge in [-0.2, -0.15) is 0 Å².